The highest BCUT2D eigenvalue weighted by atomic mass is 32.2. The van der Waals surface area contributed by atoms with E-state index in [4.69, 9.17) is 4.74 Å². The summed E-state index contributed by atoms with van der Waals surface area (Å²) in [5.41, 5.74) is 3.11. The molecule has 0 fully saturated rings. The molecular weight excluding hydrogens is 336 g/mol. The molecule has 132 valence electrons. The molecule has 0 aliphatic rings. The van der Waals surface area contributed by atoms with E-state index in [2.05, 4.69) is 16.5 Å². The first-order valence-electron chi connectivity index (χ1n) is 8.23. The van der Waals surface area contributed by atoms with Gasteiger partial charge in [0.25, 0.3) is 0 Å². The van der Waals surface area contributed by atoms with Crippen molar-refractivity contribution in [3.63, 3.8) is 0 Å². The molecule has 0 radical (unpaired) electrons. The molecule has 2 heterocycles. The smallest absolute Gasteiger partial charge is 0.177 e. The van der Waals surface area contributed by atoms with Crippen LogP contribution >= 0.6 is 0 Å². The first-order valence-corrected chi connectivity index (χ1v) is 10.1. The van der Waals surface area contributed by atoms with Crippen LogP contribution in [0.3, 0.4) is 0 Å². The summed E-state index contributed by atoms with van der Waals surface area (Å²) in [6.45, 7) is 2.82. The van der Waals surface area contributed by atoms with Crippen molar-refractivity contribution >= 4 is 20.9 Å². The van der Waals surface area contributed by atoms with Crippen molar-refractivity contribution in [1.29, 1.82) is 0 Å². The molecule has 0 atom stereocenters. The third-order valence-electron chi connectivity index (χ3n) is 4.23. The molecule has 0 spiro atoms. The van der Waals surface area contributed by atoms with Crippen LogP contribution in [0.2, 0.25) is 0 Å². The van der Waals surface area contributed by atoms with Crippen LogP contribution < -0.4 is 4.74 Å². The zero-order chi connectivity index (χ0) is 18.0. The minimum absolute atomic E-state index is 0.254. The molecule has 6 heteroatoms. The van der Waals surface area contributed by atoms with Gasteiger partial charge in [-0.15, -0.1) is 0 Å². The predicted octanol–water partition coefficient (Wildman–Crippen LogP) is 3.45. The van der Waals surface area contributed by atoms with Gasteiger partial charge >= 0.3 is 0 Å². The maximum Gasteiger partial charge on any atom is 0.177 e. The van der Waals surface area contributed by atoms with Crippen LogP contribution in [-0.4, -0.2) is 31.3 Å². The summed E-state index contributed by atoms with van der Waals surface area (Å²) in [5.74, 6) is 0.825. The molecule has 0 unspecified atom stereocenters. The number of pyridine rings is 1. The van der Waals surface area contributed by atoms with E-state index in [1.807, 2.05) is 30.3 Å². The zero-order valence-electron chi connectivity index (χ0n) is 14.7. The number of benzene rings is 1. The number of hydrogen-bond donors (Lipinski definition) is 0. The van der Waals surface area contributed by atoms with E-state index < -0.39 is 9.84 Å². The van der Waals surface area contributed by atoms with Crippen molar-refractivity contribution < 1.29 is 13.2 Å². The fourth-order valence-corrected chi connectivity index (χ4v) is 3.52. The molecule has 0 saturated carbocycles. The van der Waals surface area contributed by atoms with Gasteiger partial charge in [0, 0.05) is 30.1 Å². The molecule has 3 rings (SSSR count). The van der Waals surface area contributed by atoms with Gasteiger partial charge in [0.2, 0.25) is 0 Å². The second-order valence-electron chi connectivity index (χ2n) is 6.18. The average molecular weight is 358 g/mol. The van der Waals surface area contributed by atoms with Gasteiger partial charge in [0.1, 0.15) is 11.4 Å². The van der Waals surface area contributed by atoms with Crippen molar-refractivity contribution in [1.82, 2.24) is 9.55 Å². The van der Waals surface area contributed by atoms with Gasteiger partial charge in [-0.05, 0) is 36.2 Å². The average Bonchev–Trinajstić information content (AvgIpc) is 2.92. The second kappa shape index (κ2) is 6.88. The van der Waals surface area contributed by atoms with Gasteiger partial charge in [0.15, 0.2) is 9.84 Å². The van der Waals surface area contributed by atoms with Crippen molar-refractivity contribution in [3.05, 3.63) is 53.9 Å². The third-order valence-corrected chi connectivity index (χ3v) is 5.31. The molecule has 0 saturated heterocycles. The van der Waals surface area contributed by atoms with Gasteiger partial charge in [-0.25, -0.2) is 13.4 Å². The number of hydrogen-bond acceptors (Lipinski definition) is 4. The maximum absolute atomic E-state index is 11.8. The topological polar surface area (TPSA) is 61.2 Å². The fourth-order valence-electron chi connectivity index (χ4n) is 2.94. The number of methoxy groups -OCH3 is 1. The lowest BCUT2D eigenvalue weighted by Gasteiger charge is -2.11. The number of rotatable bonds is 6. The SMILES string of the molecule is CCCc1cc2cc(S(C)(=O)=O)cnc2n1Cc1ccc(OC)cc1. The third kappa shape index (κ3) is 3.69. The fraction of sp³-hybridized carbons (Fsp3) is 0.316. The van der Waals surface area contributed by atoms with Gasteiger partial charge < -0.3 is 9.30 Å². The van der Waals surface area contributed by atoms with Crippen LogP contribution in [0.25, 0.3) is 11.0 Å². The molecule has 0 aliphatic carbocycles. The Labute approximate surface area is 148 Å². The summed E-state index contributed by atoms with van der Waals surface area (Å²) in [6, 6.07) is 11.7. The number of ether oxygens (including phenoxy) is 1. The molecule has 1 aromatic carbocycles. The Hall–Kier alpha value is -2.34. The first-order chi connectivity index (χ1) is 11.9. The van der Waals surface area contributed by atoms with Crippen molar-refractivity contribution in [2.45, 2.75) is 31.2 Å². The van der Waals surface area contributed by atoms with Gasteiger partial charge in [0.05, 0.1) is 12.0 Å². The van der Waals surface area contributed by atoms with E-state index in [1.165, 1.54) is 12.5 Å². The molecule has 0 N–H and O–H groups in total. The molecule has 3 aromatic rings. The number of nitrogens with zero attached hydrogens (tertiary/aromatic N) is 2. The number of sulfone groups is 1. The van der Waals surface area contributed by atoms with Crippen LogP contribution in [0, 0.1) is 0 Å². The molecule has 0 aliphatic heterocycles. The van der Waals surface area contributed by atoms with Crippen LogP contribution in [0.1, 0.15) is 24.6 Å². The van der Waals surface area contributed by atoms with Gasteiger partial charge in [-0.3, -0.25) is 0 Å². The minimum Gasteiger partial charge on any atom is -0.497 e. The number of aryl methyl sites for hydroxylation is 1. The number of fused-ring (bicyclic) bond motifs is 1. The summed E-state index contributed by atoms with van der Waals surface area (Å²) < 4.78 is 30.9. The summed E-state index contributed by atoms with van der Waals surface area (Å²) in [4.78, 5) is 4.69. The molecular formula is C19H22N2O3S. The molecule has 0 amide bonds. The van der Waals surface area contributed by atoms with Crippen molar-refractivity contribution in [3.8, 4) is 5.75 Å². The Balaban J connectivity index is 2.06. The number of aromatic nitrogens is 2. The van der Waals surface area contributed by atoms with E-state index in [0.717, 1.165) is 40.9 Å². The highest BCUT2D eigenvalue weighted by Gasteiger charge is 2.14. The van der Waals surface area contributed by atoms with E-state index in [0.29, 0.717) is 6.54 Å². The van der Waals surface area contributed by atoms with E-state index in [9.17, 15) is 8.42 Å². The highest BCUT2D eigenvalue weighted by molar-refractivity contribution is 7.90. The molecule has 25 heavy (non-hydrogen) atoms. The lowest BCUT2D eigenvalue weighted by molar-refractivity contribution is 0.414. The normalized spacial score (nSPS) is 11.8. The minimum atomic E-state index is -3.26. The maximum atomic E-state index is 11.8. The summed E-state index contributed by atoms with van der Waals surface area (Å²) in [5, 5.41) is 0.861. The standard InChI is InChI=1S/C19H22N2O3S/c1-4-5-16-10-15-11-18(25(3,22)23)12-20-19(15)21(16)13-14-6-8-17(24-2)9-7-14/h6-12H,4-5,13H2,1-3H3. The Morgan fingerprint density at radius 1 is 1.16 bits per heavy atom. The quantitative estimate of drug-likeness (QED) is 0.677. The molecule has 5 nitrogen and oxygen atoms in total. The van der Waals surface area contributed by atoms with Crippen LogP contribution in [0.4, 0.5) is 0 Å². The summed E-state index contributed by atoms with van der Waals surface area (Å²) in [7, 11) is -1.61. The predicted molar refractivity (Wildman–Crippen MR) is 98.9 cm³/mol. The van der Waals surface area contributed by atoms with Gasteiger partial charge in [-0.1, -0.05) is 25.5 Å². The largest absolute Gasteiger partial charge is 0.497 e. The second-order valence-corrected chi connectivity index (χ2v) is 8.19. The summed E-state index contributed by atoms with van der Waals surface area (Å²) in [6.07, 6.45) is 4.58. The molecule has 2 aromatic heterocycles. The van der Waals surface area contributed by atoms with E-state index in [-0.39, 0.29) is 4.90 Å². The lowest BCUT2D eigenvalue weighted by Crippen LogP contribution is -2.05. The lowest BCUT2D eigenvalue weighted by atomic mass is 10.2. The highest BCUT2D eigenvalue weighted by Crippen LogP contribution is 2.24. The first kappa shape index (κ1) is 17.5. The Kier molecular flexibility index (Phi) is 4.81. The van der Waals surface area contributed by atoms with Crippen LogP contribution in [-0.2, 0) is 22.8 Å². The van der Waals surface area contributed by atoms with E-state index in [1.54, 1.807) is 13.2 Å². The Morgan fingerprint density at radius 3 is 2.48 bits per heavy atom. The summed E-state index contributed by atoms with van der Waals surface area (Å²) >= 11 is 0. The van der Waals surface area contributed by atoms with Crippen molar-refractivity contribution in [2.24, 2.45) is 0 Å². The Morgan fingerprint density at radius 2 is 1.88 bits per heavy atom. The monoisotopic (exact) mass is 358 g/mol. The van der Waals surface area contributed by atoms with E-state index >= 15 is 0 Å². The van der Waals surface area contributed by atoms with Crippen molar-refractivity contribution in [2.75, 3.05) is 13.4 Å². The Bertz CT molecular complexity index is 989. The van der Waals surface area contributed by atoms with Gasteiger partial charge in [-0.2, -0.15) is 0 Å². The van der Waals surface area contributed by atoms with Crippen LogP contribution in [0.5, 0.6) is 5.75 Å². The van der Waals surface area contributed by atoms with Crippen LogP contribution in [0.15, 0.2) is 47.5 Å². The zero-order valence-corrected chi connectivity index (χ0v) is 15.5. The molecule has 0 bridgehead atoms.